The van der Waals surface area contributed by atoms with Crippen LogP contribution < -0.4 is 5.73 Å². The quantitative estimate of drug-likeness (QED) is 0.882. The standard InChI is InChI=1S/C14H25N3O/c1-4-13-10-17(6-5-16(13)3)9-12-7-14(8-15)18-11(12)2/h7,13H,4-6,8-10,15H2,1-3H3. The van der Waals surface area contributed by atoms with Crippen molar-refractivity contribution in [2.24, 2.45) is 5.73 Å². The normalized spacial score (nSPS) is 22.6. The van der Waals surface area contributed by atoms with E-state index in [-0.39, 0.29) is 0 Å². The highest BCUT2D eigenvalue weighted by atomic mass is 16.3. The Hall–Kier alpha value is -0.840. The van der Waals surface area contributed by atoms with E-state index in [0.29, 0.717) is 12.6 Å². The Labute approximate surface area is 110 Å². The largest absolute Gasteiger partial charge is 0.465 e. The van der Waals surface area contributed by atoms with Gasteiger partial charge in [0.2, 0.25) is 0 Å². The first-order chi connectivity index (χ1) is 8.63. The van der Waals surface area contributed by atoms with Crippen LogP contribution in [-0.2, 0) is 13.1 Å². The molecule has 0 radical (unpaired) electrons. The molecule has 18 heavy (non-hydrogen) atoms. The van der Waals surface area contributed by atoms with Gasteiger partial charge in [0.1, 0.15) is 11.5 Å². The van der Waals surface area contributed by atoms with Gasteiger partial charge in [-0.1, -0.05) is 6.92 Å². The van der Waals surface area contributed by atoms with Gasteiger partial charge < -0.3 is 15.1 Å². The van der Waals surface area contributed by atoms with Gasteiger partial charge in [-0.15, -0.1) is 0 Å². The maximum Gasteiger partial charge on any atom is 0.118 e. The van der Waals surface area contributed by atoms with Crippen molar-refractivity contribution in [3.8, 4) is 0 Å². The summed E-state index contributed by atoms with van der Waals surface area (Å²) in [6.07, 6.45) is 1.21. The molecule has 0 aromatic carbocycles. The monoisotopic (exact) mass is 251 g/mol. The zero-order valence-electron chi connectivity index (χ0n) is 11.8. The Morgan fingerprint density at radius 1 is 1.44 bits per heavy atom. The number of piperazine rings is 1. The number of furan rings is 1. The first-order valence-corrected chi connectivity index (χ1v) is 6.84. The van der Waals surface area contributed by atoms with Gasteiger partial charge in [-0.25, -0.2) is 0 Å². The second-order valence-corrected chi connectivity index (χ2v) is 5.28. The fraction of sp³-hybridized carbons (Fsp3) is 0.714. The molecule has 1 atom stereocenters. The summed E-state index contributed by atoms with van der Waals surface area (Å²) < 4.78 is 5.62. The van der Waals surface area contributed by atoms with Gasteiger partial charge in [0.25, 0.3) is 0 Å². The van der Waals surface area contributed by atoms with Crippen molar-refractivity contribution >= 4 is 0 Å². The van der Waals surface area contributed by atoms with Crippen LogP contribution in [0.1, 0.15) is 30.4 Å². The van der Waals surface area contributed by atoms with Crippen LogP contribution in [0.5, 0.6) is 0 Å². The van der Waals surface area contributed by atoms with Crippen molar-refractivity contribution in [2.75, 3.05) is 26.7 Å². The summed E-state index contributed by atoms with van der Waals surface area (Å²) >= 11 is 0. The summed E-state index contributed by atoms with van der Waals surface area (Å²) in [5.74, 6) is 1.91. The predicted octanol–water partition coefficient (Wildman–Crippen LogP) is 1.57. The molecule has 102 valence electrons. The first kappa shape index (κ1) is 13.6. The van der Waals surface area contributed by atoms with Crippen LogP contribution in [0.4, 0.5) is 0 Å². The van der Waals surface area contributed by atoms with E-state index in [1.807, 2.05) is 6.92 Å². The molecule has 2 heterocycles. The van der Waals surface area contributed by atoms with Crippen LogP contribution in [0.2, 0.25) is 0 Å². The topological polar surface area (TPSA) is 45.6 Å². The van der Waals surface area contributed by atoms with Crippen LogP contribution >= 0.6 is 0 Å². The number of likely N-dealkylation sites (N-methyl/N-ethyl adjacent to an activating group) is 1. The Kier molecular flexibility index (Phi) is 4.43. The summed E-state index contributed by atoms with van der Waals surface area (Å²) in [6, 6.07) is 2.79. The van der Waals surface area contributed by atoms with Gasteiger partial charge in [0.15, 0.2) is 0 Å². The Balaban J connectivity index is 1.98. The molecule has 1 fully saturated rings. The predicted molar refractivity (Wildman–Crippen MR) is 73.3 cm³/mol. The number of nitrogens with zero attached hydrogens (tertiary/aromatic N) is 2. The van der Waals surface area contributed by atoms with Crippen molar-refractivity contribution in [2.45, 2.75) is 39.4 Å². The first-order valence-electron chi connectivity index (χ1n) is 6.84. The van der Waals surface area contributed by atoms with Gasteiger partial charge in [-0.3, -0.25) is 4.90 Å². The fourth-order valence-corrected chi connectivity index (χ4v) is 2.68. The van der Waals surface area contributed by atoms with E-state index in [9.17, 15) is 0 Å². The van der Waals surface area contributed by atoms with Crippen molar-refractivity contribution in [1.82, 2.24) is 9.80 Å². The summed E-state index contributed by atoms with van der Waals surface area (Å²) in [5.41, 5.74) is 6.90. The smallest absolute Gasteiger partial charge is 0.118 e. The lowest BCUT2D eigenvalue weighted by Crippen LogP contribution is -2.50. The lowest BCUT2D eigenvalue weighted by atomic mass is 10.1. The molecule has 1 saturated heterocycles. The average Bonchev–Trinajstić information content (AvgIpc) is 2.72. The molecule has 2 rings (SSSR count). The lowest BCUT2D eigenvalue weighted by molar-refractivity contribution is 0.0880. The summed E-state index contributed by atoms with van der Waals surface area (Å²) in [6.45, 7) is 9.20. The average molecular weight is 251 g/mol. The molecule has 0 spiro atoms. The molecule has 1 unspecified atom stereocenters. The minimum atomic E-state index is 0.487. The Morgan fingerprint density at radius 3 is 2.83 bits per heavy atom. The van der Waals surface area contributed by atoms with E-state index in [4.69, 9.17) is 10.2 Å². The summed E-state index contributed by atoms with van der Waals surface area (Å²) in [7, 11) is 2.22. The second-order valence-electron chi connectivity index (χ2n) is 5.28. The fourth-order valence-electron chi connectivity index (χ4n) is 2.68. The summed E-state index contributed by atoms with van der Waals surface area (Å²) in [5, 5.41) is 0. The van der Waals surface area contributed by atoms with Crippen molar-refractivity contribution in [1.29, 1.82) is 0 Å². The molecular weight excluding hydrogens is 226 g/mol. The van der Waals surface area contributed by atoms with Crippen LogP contribution in [0.25, 0.3) is 0 Å². The summed E-state index contributed by atoms with van der Waals surface area (Å²) in [4.78, 5) is 4.98. The number of nitrogens with two attached hydrogens (primary N) is 1. The zero-order valence-corrected chi connectivity index (χ0v) is 11.8. The second kappa shape index (κ2) is 5.87. The minimum Gasteiger partial charge on any atom is -0.465 e. The number of aryl methyl sites for hydroxylation is 1. The van der Waals surface area contributed by atoms with E-state index in [1.54, 1.807) is 0 Å². The molecule has 1 aliphatic heterocycles. The van der Waals surface area contributed by atoms with E-state index in [2.05, 4.69) is 29.8 Å². The molecule has 0 amide bonds. The highest BCUT2D eigenvalue weighted by Gasteiger charge is 2.23. The van der Waals surface area contributed by atoms with E-state index >= 15 is 0 Å². The van der Waals surface area contributed by atoms with E-state index < -0.39 is 0 Å². The van der Waals surface area contributed by atoms with Crippen LogP contribution in [-0.4, -0.2) is 42.5 Å². The molecule has 1 aromatic rings. The molecule has 0 bridgehead atoms. The van der Waals surface area contributed by atoms with Gasteiger partial charge in [0.05, 0.1) is 6.54 Å². The van der Waals surface area contributed by atoms with Crippen molar-refractivity contribution in [3.63, 3.8) is 0 Å². The Morgan fingerprint density at radius 2 is 2.22 bits per heavy atom. The molecular formula is C14H25N3O. The highest BCUT2D eigenvalue weighted by Crippen LogP contribution is 2.19. The maximum atomic E-state index is 5.62. The van der Waals surface area contributed by atoms with Gasteiger partial charge in [-0.05, 0) is 26.5 Å². The van der Waals surface area contributed by atoms with Gasteiger partial charge in [-0.2, -0.15) is 0 Å². The number of rotatable bonds is 4. The molecule has 4 nitrogen and oxygen atoms in total. The maximum absolute atomic E-state index is 5.62. The van der Waals surface area contributed by atoms with Crippen LogP contribution in [0, 0.1) is 6.92 Å². The molecule has 2 N–H and O–H groups in total. The number of hydrogen-bond donors (Lipinski definition) is 1. The third kappa shape index (κ3) is 2.94. The van der Waals surface area contributed by atoms with Crippen LogP contribution in [0.15, 0.2) is 10.5 Å². The molecule has 4 heteroatoms. The van der Waals surface area contributed by atoms with E-state index in [0.717, 1.165) is 37.7 Å². The third-order valence-corrected chi connectivity index (χ3v) is 4.00. The SMILES string of the molecule is CCC1CN(Cc2cc(CN)oc2C)CCN1C. The van der Waals surface area contributed by atoms with Crippen molar-refractivity contribution in [3.05, 3.63) is 23.2 Å². The van der Waals surface area contributed by atoms with Crippen molar-refractivity contribution < 1.29 is 4.42 Å². The molecule has 0 saturated carbocycles. The third-order valence-electron chi connectivity index (χ3n) is 4.00. The van der Waals surface area contributed by atoms with Gasteiger partial charge in [0, 0.05) is 37.8 Å². The lowest BCUT2D eigenvalue weighted by Gasteiger charge is -2.39. The zero-order chi connectivity index (χ0) is 13.1. The molecule has 1 aromatic heterocycles. The molecule has 1 aliphatic rings. The Bertz CT molecular complexity index is 388. The van der Waals surface area contributed by atoms with Gasteiger partial charge >= 0.3 is 0 Å². The van der Waals surface area contributed by atoms with E-state index in [1.165, 1.54) is 12.0 Å². The minimum absolute atomic E-state index is 0.487. The molecule has 0 aliphatic carbocycles. The van der Waals surface area contributed by atoms with Crippen LogP contribution in [0.3, 0.4) is 0 Å². The highest BCUT2D eigenvalue weighted by molar-refractivity contribution is 5.20. The number of hydrogen-bond acceptors (Lipinski definition) is 4.